The van der Waals surface area contributed by atoms with Crippen molar-refractivity contribution in [2.24, 2.45) is 0 Å². The summed E-state index contributed by atoms with van der Waals surface area (Å²) in [7, 11) is 3.75. The zero-order valence-corrected chi connectivity index (χ0v) is 21.1. The molecule has 9 heteroatoms. The lowest BCUT2D eigenvalue weighted by molar-refractivity contribution is -0.111. The van der Waals surface area contributed by atoms with Gasteiger partial charge >= 0.3 is 0 Å². The molecule has 0 saturated carbocycles. The van der Waals surface area contributed by atoms with Crippen LogP contribution in [0.4, 0.5) is 28.6 Å². The van der Waals surface area contributed by atoms with Crippen LogP contribution in [0.5, 0.6) is 5.75 Å². The minimum Gasteiger partial charge on any atom is -0.497 e. The van der Waals surface area contributed by atoms with Gasteiger partial charge in [0, 0.05) is 50.7 Å². The van der Waals surface area contributed by atoms with Gasteiger partial charge in [-0.05, 0) is 49.0 Å². The standard InChI is InChI=1S/C28H31N7O2/c1-4-28(36)33-26-15-22(35-12-10-34(2)11-13-35)8-9-24(26)32-27-16-25(21(17-29)19-31-27)30-18-20-6-5-7-23(14-20)37-3/h4-9,14-16,19H,1,10-13,18H2,2-3H3,(H,33,36)(H2,30,31,32). The van der Waals surface area contributed by atoms with Crippen LogP contribution in [-0.2, 0) is 11.3 Å². The van der Waals surface area contributed by atoms with Crippen molar-refractivity contribution in [3.05, 3.63) is 78.5 Å². The first kappa shape index (κ1) is 25.5. The Morgan fingerprint density at radius 1 is 1.14 bits per heavy atom. The molecule has 2 heterocycles. The van der Waals surface area contributed by atoms with Crippen LogP contribution in [0.25, 0.3) is 0 Å². The number of amides is 1. The van der Waals surface area contributed by atoms with Crippen LogP contribution in [0, 0.1) is 11.3 Å². The summed E-state index contributed by atoms with van der Waals surface area (Å²) in [4.78, 5) is 21.2. The van der Waals surface area contributed by atoms with Gasteiger partial charge in [-0.25, -0.2) is 4.98 Å². The van der Waals surface area contributed by atoms with E-state index in [0.717, 1.165) is 43.2 Å². The second-order valence-corrected chi connectivity index (χ2v) is 8.77. The van der Waals surface area contributed by atoms with E-state index < -0.39 is 0 Å². The Labute approximate surface area is 217 Å². The molecule has 0 bridgehead atoms. The molecule has 0 unspecified atom stereocenters. The van der Waals surface area contributed by atoms with E-state index >= 15 is 0 Å². The van der Waals surface area contributed by atoms with Crippen LogP contribution in [0.3, 0.4) is 0 Å². The van der Waals surface area contributed by atoms with Crippen molar-refractivity contribution in [3.8, 4) is 11.8 Å². The van der Waals surface area contributed by atoms with Gasteiger partial charge in [-0.15, -0.1) is 0 Å². The molecule has 1 amide bonds. The van der Waals surface area contributed by atoms with E-state index in [0.29, 0.717) is 35.0 Å². The second-order valence-electron chi connectivity index (χ2n) is 8.77. The first-order valence-corrected chi connectivity index (χ1v) is 12.0. The summed E-state index contributed by atoms with van der Waals surface area (Å²) in [5.74, 6) is 1.01. The number of hydrogen-bond donors (Lipinski definition) is 3. The van der Waals surface area contributed by atoms with Gasteiger partial charge in [0.1, 0.15) is 17.6 Å². The summed E-state index contributed by atoms with van der Waals surface area (Å²) in [6.07, 6.45) is 2.77. The lowest BCUT2D eigenvalue weighted by Crippen LogP contribution is -2.44. The highest BCUT2D eigenvalue weighted by Gasteiger charge is 2.17. The first-order chi connectivity index (χ1) is 18.0. The van der Waals surface area contributed by atoms with Gasteiger partial charge in [-0.3, -0.25) is 4.79 Å². The number of anilines is 5. The number of nitriles is 1. The topological polar surface area (TPSA) is 106 Å². The molecule has 1 aromatic heterocycles. The normalized spacial score (nSPS) is 13.4. The molecule has 1 aliphatic heterocycles. The van der Waals surface area contributed by atoms with Gasteiger partial charge in [0.25, 0.3) is 0 Å². The fourth-order valence-corrected chi connectivity index (χ4v) is 4.07. The monoisotopic (exact) mass is 497 g/mol. The van der Waals surface area contributed by atoms with E-state index in [1.54, 1.807) is 13.2 Å². The van der Waals surface area contributed by atoms with Crippen LogP contribution >= 0.6 is 0 Å². The Kier molecular flexibility index (Phi) is 8.23. The van der Waals surface area contributed by atoms with Crippen molar-refractivity contribution in [3.63, 3.8) is 0 Å². The molecule has 0 radical (unpaired) electrons. The van der Waals surface area contributed by atoms with Gasteiger partial charge in [-0.1, -0.05) is 18.7 Å². The van der Waals surface area contributed by atoms with Crippen molar-refractivity contribution in [2.45, 2.75) is 6.54 Å². The van der Waals surface area contributed by atoms with Crippen molar-refractivity contribution in [1.82, 2.24) is 9.88 Å². The predicted octanol–water partition coefficient (Wildman–Crippen LogP) is 4.19. The smallest absolute Gasteiger partial charge is 0.247 e. The van der Waals surface area contributed by atoms with Crippen LogP contribution < -0.4 is 25.6 Å². The number of nitrogens with one attached hydrogen (secondary N) is 3. The number of carbonyl (C=O) groups excluding carboxylic acids is 1. The first-order valence-electron chi connectivity index (χ1n) is 12.0. The summed E-state index contributed by atoms with van der Waals surface area (Å²) in [5.41, 5.74) is 4.44. The van der Waals surface area contributed by atoms with E-state index in [1.165, 1.54) is 12.3 Å². The molecule has 190 valence electrons. The highest BCUT2D eigenvalue weighted by atomic mass is 16.5. The van der Waals surface area contributed by atoms with Crippen LogP contribution in [0.15, 0.2) is 67.4 Å². The molecule has 37 heavy (non-hydrogen) atoms. The third-order valence-electron chi connectivity index (χ3n) is 6.22. The molecule has 0 spiro atoms. The quantitative estimate of drug-likeness (QED) is 0.378. The maximum absolute atomic E-state index is 12.2. The van der Waals surface area contributed by atoms with Crippen LogP contribution in [0.1, 0.15) is 11.1 Å². The minimum atomic E-state index is -0.299. The van der Waals surface area contributed by atoms with E-state index in [4.69, 9.17) is 4.74 Å². The molecule has 0 aliphatic carbocycles. The molecule has 1 aliphatic rings. The Morgan fingerprint density at radius 3 is 2.68 bits per heavy atom. The van der Waals surface area contributed by atoms with Gasteiger partial charge < -0.3 is 30.5 Å². The number of rotatable bonds is 9. The largest absolute Gasteiger partial charge is 0.497 e. The average Bonchev–Trinajstić information content (AvgIpc) is 2.93. The zero-order chi connectivity index (χ0) is 26.2. The van der Waals surface area contributed by atoms with E-state index in [9.17, 15) is 10.1 Å². The number of piperazine rings is 1. The molecule has 3 N–H and O–H groups in total. The molecular weight excluding hydrogens is 466 g/mol. The second kappa shape index (κ2) is 11.9. The summed E-state index contributed by atoms with van der Waals surface area (Å²) < 4.78 is 5.29. The zero-order valence-electron chi connectivity index (χ0n) is 21.1. The number of benzene rings is 2. The summed E-state index contributed by atoms with van der Waals surface area (Å²) >= 11 is 0. The third-order valence-corrected chi connectivity index (χ3v) is 6.22. The fourth-order valence-electron chi connectivity index (χ4n) is 4.07. The molecular formula is C28H31N7O2. The number of hydrogen-bond acceptors (Lipinski definition) is 8. The number of aromatic nitrogens is 1. The number of likely N-dealkylation sites (N-methyl/N-ethyl adjacent to an activating group) is 1. The SMILES string of the molecule is C=CC(=O)Nc1cc(N2CCN(C)CC2)ccc1Nc1cc(NCc2cccc(OC)c2)c(C#N)cn1. The number of carbonyl (C=O) groups is 1. The maximum atomic E-state index is 12.2. The highest BCUT2D eigenvalue weighted by molar-refractivity contribution is 6.02. The minimum absolute atomic E-state index is 0.299. The van der Waals surface area contributed by atoms with Crippen molar-refractivity contribution in [2.75, 3.05) is 61.2 Å². The van der Waals surface area contributed by atoms with Gasteiger partial charge in [0.15, 0.2) is 0 Å². The fraction of sp³-hybridized carbons (Fsp3) is 0.250. The van der Waals surface area contributed by atoms with E-state index in [2.05, 4.69) is 50.4 Å². The Hall–Kier alpha value is -4.55. The number of methoxy groups -OCH3 is 1. The lowest BCUT2D eigenvalue weighted by Gasteiger charge is -2.34. The molecule has 9 nitrogen and oxygen atoms in total. The number of pyridine rings is 1. The number of nitrogens with zero attached hydrogens (tertiary/aromatic N) is 4. The molecule has 2 aromatic carbocycles. The Balaban J connectivity index is 1.56. The Morgan fingerprint density at radius 2 is 1.95 bits per heavy atom. The van der Waals surface area contributed by atoms with Crippen molar-refractivity contribution in [1.29, 1.82) is 5.26 Å². The summed E-state index contributed by atoms with van der Waals surface area (Å²) in [6, 6.07) is 17.6. The van der Waals surface area contributed by atoms with E-state index in [-0.39, 0.29) is 5.91 Å². The predicted molar refractivity (Wildman–Crippen MR) is 148 cm³/mol. The molecule has 3 aromatic rings. The lowest BCUT2D eigenvalue weighted by atomic mass is 10.1. The Bertz CT molecular complexity index is 1310. The van der Waals surface area contributed by atoms with Gasteiger partial charge in [-0.2, -0.15) is 5.26 Å². The molecule has 1 saturated heterocycles. The third kappa shape index (κ3) is 6.57. The highest BCUT2D eigenvalue weighted by Crippen LogP contribution is 2.31. The number of ether oxygens (including phenoxy) is 1. The summed E-state index contributed by atoms with van der Waals surface area (Å²) in [6.45, 7) is 7.87. The van der Waals surface area contributed by atoms with Crippen LogP contribution in [0.2, 0.25) is 0 Å². The molecule has 0 atom stereocenters. The summed E-state index contributed by atoms with van der Waals surface area (Å²) in [5, 5.41) is 19.1. The average molecular weight is 498 g/mol. The molecule has 4 rings (SSSR count). The van der Waals surface area contributed by atoms with Crippen molar-refractivity contribution < 1.29 is 9.53 Å². The molecule has 1 fully saturated rings. The van der Waals surface area contributed by atoms with E-state index in [1.807, 2.05) is 42.5 Å². The van der Waals surface area contributed by atoms with Crippen molar-refractivity contribution >= 4 is 34.5 Å². The van der Waals surface area contributed by atoms with Gasteiger partial charge in [0.2, 0.25) is 5.91 Å². The maximum Gasteiger partial charge on any atom is 0.247 e. The van der Waals surface area contributed by atoms with Crippen LogP contribution in [-0.4, -0.2) is 56.1 Å². The van der Waals surface area contributed by atoms with Gasteiger partial charge in [0.05, 0.1) is 29.7 Å².